The van der Waals surface area contributed by atoms with Crippen molar-refractivity contribution in [2.45, 2.75) is 6.42 Å². The number of halogens is 3. The van der Waals surface area contributed by atoms with Crippen LogP contribution in [0.15, 0.2) is 42.5 Å². The van der Waals surface area contributed by atoms with Gasteiger partial charge in [0.05, 0.1) is 5.02 Å². The van der Waals surface area contributed by atoms with Crippen molar-refractivity contribution >= 4 is 29.1 Å². The van der Waals surface area contributed by atoms with E-state index in [4.69, 9.17) is 27.9 Å². The van der Waals surface area contributed by atoms with Crippen molar-refractivity contribution in [3.63, 3.8) is 0 Å². The summed E-state index contributed by atoms with van der Waals surface area (Å²) in [6.45, 7) is 0.292. The van der Waals surface area contributed by atoms with Gasteiger partial charge < -0.3 is 10.1 Å². The molecule has 1 amide bonds. The maximum Gasteiger partial charge on any atom is 0.257 e. The highest BCUT2D eigenvalue weighted by Gasteiger charge is 2.06. The molecule has 2 aromatic rings. The molecule has 0 bridgehead atoms. The fraction of sp³-hybridized carbons (Fsp3) is 0.188. The summed E-state index contributed by atoms with van der Waals surface area (Å²) in [4.78, 5) is 11.7. The lowest BCUT2D eigenvalue weighted by Crippen LogP contribution is -2.30. The van der Waals surface area contributed by atoms with Gasteiger partial charge >= 0.3 is 0 Å². The molecule has 0 spiro atoms. The topological polar surface area (TPSA) is 38.3 Å². The van der Waals surface area contributed by atoms with Gasteiger partial charge in [0.25, 0.3) is 5.91 Å². The van der Waals surface area contributed by atoms with Crippen LogP contribution in [0.1, 0.15) is 5.56 Å². The molecule has 22 heavy (non-hydrogen) atoms. The van der Waals surface area contributed by atoms with E-state index in [1.54, 1.807) is 6.07 Å². The molecule has 0 heterocycles. The minimum absolute atomic E-state index is 0.131. The molecule has 6 heteroatoms. The fourth-order valence-corrected chi connectivity index (χ4v) is 2.26. The molecule has 3 nitrogen and oxygen atoms in total. The van der Waals surface area contributed by atoms with Crippen LogP contribution >= 0.6 is 23.2 Å². The molecule has 2 aromatic carbocycles. The Labute approximate surface area is 138 Å². The molecule has 0 fully saturated rings. The highest BCUT2D eigenvalue weighted by atomic mass is 35.5. The number of rotatable bonds is 6. The molecule has 2 rings (SSSR count). The number of carbonyl (C=O) groups is 1. The van der Waals surface area contributed by atoms with Crippen LogP contribution in [0.4, 0.5) is 4.39 Å². The van der Waals surface area contributed by atoms with Crippen LogP contribution in [-0.4, -0.2) is 19.1 Å². The second-order valence-electron chi connectivity index (χ2n) is 4.59. The third-order valence-electron chi connectivity index (χ3n) is 2.88. The Morgan fingerprint density at radius 1 is 1.18 bits per heavy atom. The maximum atomic E-state index is 12.9. The monoisotopic (exact) mass is 341 g/mol. The molecule has 0 unspecified atom stereocenters. The first kappa shape index (κ1) is 16.6. The number of hydrogen-bond donors (Lipinski definition) is 1. The Morgan fingerprint density at radius 2 is 2.00 bits per heavy atom. The first-order valence-corrected chi connectivity index (χ1v) is 7.39. The van der Waals surface area contributed by atoms with Gasteiger partial charge in [-0.25, -0.2) is 4.39 Å². The predicted octanol–water partition coefficient (Wildman–Crippen LogP) is 3.87. The van der Waals surface area contributed by atoms with Gasteiger partial charge in [0.1, 0.15) is 11.6 Å². The normalized spacial score (nSPS) is 10.3. The average Bonchev–Trinajstić information content (AvgIpc) is 2.46. The molecule has 0 atom stereocenters. The Bertz CT molecular complexity index is 664. The average molecular weight is 342 g/mol. The van der Waals surface area contributed by atoms with E-state index in [0.717, 1.165) is 11.6 Å². The van der Waals surface area contributed by atoms with Crippen LogP contribution in [0.2, 0.25) is 10.0 Å². The second kappa shape index (κ2) is 8.01. The molecule has 0 aliphatic rings. The van der Waals surface area contributed by atoms with Gasteiger partial charge in [0.15, 0.2) is 6.61 Å². The summed E-state index contributed by atoms with van der Waals surface area (Å²) in [5.41, 5.74) is 1.04. The first-order valence-electron chi connectivity index (χ1n) is 6.63. The van der Waals surface area contributed by atoms with E-state index in [9.17, 15) is 9.18 Å². The van der Waals surface area contributed by atoms with Crippen LogP contribution in [-0.2, 0) is 11.2 Å². The quantitative estimate of drug-likeness (QED) is 0.866. The number of benzene rings is 2. The van der Waals surface area contributed by atoms with Crippen LogP contribution < -0.4 is 10.1 Å². The molecule has 0 aliphatic carbocycles. The number of carbonyl (C=O) groups excluding carboxylic acids is 1. The van der Waals surface area contributed by atoms with Crippen molar-refractivity contribution in [3.05, 3.63) is 63.9 Å². The SMILES string of the molecule is O=C(COc1ccc(F)cc1Cl)NCCc1cccc(Cl)c1. The molecule has 0 saturated carbocycles. The maximum absolute atomic E-state index is 12.9. The van der Waals surface area contributed by atoms with Crippen molar-refractivity contribution in [1.82, 2.24) is 5.32 Å². The molecule has 0 aromatic heterocycles. The van der Waals surface area contributed by atoms with Gasteiger partial charge in [-0.3, -0.25) is 4.79 Å². The second-order valence-corrected chi connectivity index (χ2v) is 5.44. The van der Waals surface area contributed by atoms with E-state index in [-0.39, 0.29) is 23.3 Å². The zero-order chi connectivity index (χ0) is 15.9. The number of amides is 1. The lowest BCUT2D eigenvalue weighted by atomic mass is 10.1. The van der Waals surface area contributed by atoms with Crippen molar-refractivity contribution in [3.8, 4) is 5.75 Å². The Kier molecular flexibility index (Phi) is 6.04. The van der Waals surface area contributed by atoms with Crippen LogP contribution in [0.25, 0.3) is 0 Å². The summed E-state index contributed by atoms with van der Waals surface area (Å²) in [5.74, 6) is -0.459. The number of nitrogens with one attached hydrogen (secondary N) is 1. The Morgan fingerprint density at radius 3 is 2.73 bits per heavy atom. The van der Waals surface area contributed by atoms with E-state index in [2.05, 4.69) is 5.32 Å². The third kappa shape index (κ3) is 5.20. The van der Waals surface area contributed by atoms with Gasteiger partial charge in [-0.05, 0) is 42.3 Å². The number of hydrogen-bond acceptors (Lipinski definition) is 2. The van der Waals surface area contributed by atoms with Crippen LogP contribution in [0.5, 0.6) is 5.75 Å². The van der Waals surface area contributed by atoms with Crippen molar-refractivity contribution in [2.75, 3.05) is 13.2 Å². The highest BCUT2D eigenvalue weighted by Crippen LogP contribution is 2.24. The van der Waals surface area contributed by atoms with E-state index >= 15 is 0 Å². The molecule has 0 aliphatic heterocycles. The van der Waals surface area contributed by atoms with E-state index < -0.39 is 5.82 Å². The minimum Gasteiger partial charge on any atom is -0.482 e. The van der Waals surface area contributed by atoms with Gasteiger partial charge in [-0.2, -0.15) is 0 Å². The van der Waals surface area contributed by atoms with Crippen LogP contribution in [0.3, 0.4) is 0 Å². The molecular formula is C16H14Cl2FNO2. The highest BCUT2D eigenvalue weighted by molar-refractivity contribution is 6.32. The fourth-order valence-electron chi connectivity index (χ4n) is 1.83. The van der Waals surface area contributed by atoms with Crippen molar-refractivity contribution in [1.29, 1.82) is 0 Å². The zero-order valence-electron chi connectivity index (χ0n) is 11.6. The zero-order valence-corrected chi connectivity index (χ0v) is 13.1. The summed E-state index contributed by atoms with van der Waals surface area (Å²) in [6, 6.07) is 11.2. The first-order chi connectivity index (χ1) is 10.5. The van der Waals surface area contributed by atoms with Gasteiger partial charge in [-0.1, -0.05) is 35.3 Å². The summed E-state index contributed by atoms with van der Waals surface area (Å²) in [5, 5.41) is 3.52. The van der Waals surface area contributed by atoms with Gasteiger partial charge in [0, 0.05) is 11.6 Å². The minimum atomic E-state index is -0.455. The Hall–Kier alpha value is -1.78. The lowest BCUT2D eigenvalue weighted by molar-refractivity contribution is -0.123. The van der Waals surface area contributed by atoms with Crippen molar-refractivity contribution in [2.24, 2.45) is 0 Å². The van der Waals surface area contributed by atoms with Gasteiger partial charge in [-0.15, -0.1) is 0 Å². The van der Waals surface area contributed by atoms with E-state index in [1.165, 1.54) is 12.1 Å². The summed E-state index contributed by atoms with van der Waals surface area (Å²) < 4.78 is 18.1. The largest absolute Gasteiger partial charge is 0.482 e. The lowest BCUT2D eigenvalue weighted by Gasteiger charge is -2.09. The van der Waals surface area contributed by atoms with Crippen LogP contribution in [0, 0.1) is 5.82 Å². The third-order valence-corrected chi connectivity index (χ3v) is 3.41. The molecule has 0 saturated heterocycles. The molecule has 0 radical (unpaired) electrons. The molecule has 116 valence electrons. The molecule has 1 N–H and O–H groups in total. The predicted molar refractivity (Wildman–Crippen MR) is 85.1 cm³/mol. The summed E-state index contributed by atoms with van der Waals surface area (Å²) >= 11 is 11.7. The smallest absolute Gasteiger partial charge is 0.257 e. The molecular weight excluding hydrogens is 328 g/mol. The standard InChI is InChI=1S/C16H14Cl2FNO2/c17-12-3-1-2-11(8-12)6-7-20-16(21)10-22-15-5-4-13(19)9-14(15)18/h1-5,8-9H,6-7,10H2,(H,20,21). The summed E-state index contributed by atoms with van der Waals surface area (Å²) in [6.07, 6.45) is 0.670. The van der Waals surface area contributed by atoms with Gasteiger partial charge in [0.2, 0.25) is 0 Å². The Balaban J connectivity index is 1.74. The van der Waals surface area contributed by atoms with E-state index in [0.29, 0.717) is 18.0 Å². The summed E-state index contributed by atoms with van der Waals surface area (Å²) in [7, 11) is 0. The van der Waals surface area contributed by atoms with Crippen molar-refractivity contribution < 1.29 is 13.9 Å². The van der Waals surface area contributed by atoms with E-state index in [1.807, 2.05) is 18.2 Å². The number of ether oxygens (including phenoxy) is 1.